The van der Waals surface area contributed by atoms with Gasteiger partial charge in [0.15, 0.2) is 25.0 Å². The number of carbonyl (C=O) groups excluding carboxylic acids is 2. The van der Waals surface area contributed by atoms with E-state index in [1.54, 1.807) is 41.5 Å². The van der Waals surface area contributed by atoms with E-state index >= 15 is 0 Å². The second-order valence-corrected chi connectivity index (χ2v) is 21.8. The SMILES string of the molecule is CC[C@H]1OC(=O)[C@H](C)[C@@H](O[C@H]2C[C@@](C)(OC)[C@@H](O)[C@H](C)O2)[C@H](C)[C@@H](O[C@H]2O[C@@H](C)C[C@@H](N(C)C)[C@@H]2O)[C@](C)(O)C[C@@H](C)C(=O)[C@H](C)[C@@H](O)[C@]1(C)O.O=C(O)[C@H](O)[C@@H](O)[C@H](O[C@@H]1O[C@H](CO)[C@H](O)[C@H](O)[C@H]1O)[C@H](O)CO. The van der Waals surface area contributed by atoms with E-state index in [4.69, 9.17) is 53.2 Å². The van der Waals surface area contributed by atoms with Gasteiger partial charge in [-0.3, -0.25) is 9.59 Å². The van der Waals surface area contributed by atoms with E-state index in [-0.39, 0.29) is 31.4 Å². The van der Waals surface area contributed by atoms with Gasteiger partial charge in [-0.25, -0.2) is 4.79 Å². The molecule has 0 bridgehead atoms. The summed E-state index contributed by atoms with van der Waals surface area (Å²) in [5, 5.41) is 142. The molecule has 0 unspecified atom stereocenters. The molecule has 4 aliphatic heterocycles. The number of esters is 1. The van der Waals surface area contributed by atoms with E-state index in [0.29, 0.717) is 6.42 Å². The molecule has 440 valence electrons. The standard InChI is InChI=1S/C37H67NO13.C12H22O12/c1-14-25-37(10,45)30(41)20(4)27(39)18(2)16-35(8,44)32(51-34-28(40)24(38(11)12)15-19(3)47-34)21(5)29(22(6)33(43)49-25)50-26-17-36(9,46-13)31(42)23(7)48-26;13-1-3(15)10(7(18)8(19)11(21)22)24-12-9(20)6(17)5(16)4(2-14)23-12/h18-26,28-32,34,40-42,44-45H,14-17H2,1-13H3;3-10,12-20H,1-2H2,(H,21,22)/t18-,19+,20+,21+,22-,23+,24-,25-,26+,28+,29+,30-,31+,32-,34-,35-,36-,37-;3-,4-,5+,6+,7-,8-,9-,10-,12+/m11/s1. The third-order valence-corrected chi connectivity index (χ3v) is 15.4. The summed E-state index contributed by atoms with van der Waals surface area (Å²) in [7, 11) is 5.18. The van der Waals surface area contributed by atoms with E-state index < -0.39 is 182 Å². The summed E-state index contributed by atoms with van der Waals surface area (Å²) < 4.78 is 47.0. The Morgan fingerprint density at radius 2 is 1.40 bits per heavy atom. The molecular weight excluding hydrogens is 1000 g/mol. The number of nitrogens with zero attached hydrogens (tertiary/aromatic N) is 1. The number of ether oxygens (including phenoxy) is 8. The molecular formula is C49H89NO25. The Balaban J connectivity index is 0.000000516. The van der Waals surface area contributed by atoms with Gasteiger partial charge in [0.2, 0.25) is 0 Å². The number of ketones is 1. The van der Waals surface area contributed by atoms with Gasteiger partial charge in [0, 0.05) is 37.3 Å². The van der Waals surface area contributed by atoms with Crippen molar-refractivity contribution >= 4 is 17.7 Å². The highest BCUT2D eigenvalue weighted by Crippen LogP contribution is 2.41. The normalized spacial score (nSPS) is 45.3. The Labute approximate surface area is 438 Å². The Hall–Kier alpha value is -2.23. The van der Waals surface area contributed by atoms with Crippen LogP contribution in [0.3, 0.4) is 0 Å². The summed E-state index contributed by atoms with van der Waals surface area (Å²) in [6.45, 7) is 14.6. The molecule has 0 spiro atoms. The zero-order valence-corrected chi connectivity index (χ0v) is 45.3. The van der Waals surface area contributed by atoms with Gasteiger partial charge in [0.1, 0.15) is 72.4 Å². The highest BCUT2D eigenvalue weighted by molar-refractivity contribution is 5.83. The van der Waals surface area contributed by atoms with Crippen LogP contribution in [0.2, 0.25) is 0 Å². The number of methoxy groups -OCH3 is 1. The molecule has 0 aromatic rings. The number of carbonyl (C=O) groups is 3. The van der Waals surface area contributed by atoms with Crippen LogP contribution in [0, 0.1) is 23.7 Å². The quantitative estimate of drug-likeness (QED) is 0.0698. The van der Waals surface area contributed by atoms with Crippen molar-refractivity contribution in [1.82, 2.24) is 4.90 Å². The third-order valence-electron chi connectivity index (χ3n) is 15.4. The van der Waals surface area contributed by atoms with Gasteiger partial charge >= 0.3 is 11.9 Å². The average Bonchev–Trinajstić information content (AvgIpc) is 3.35. The van der Waals surface area contributed by atoms with Gasteiger partial charge in [0.05, 0.1) is 60.9 Å². The lowest BCUT2D eigenvalue weighted by Gasteiger charge is -2.49. The highest BCUT2D eigenvalue weighted by Gasteiger charge is 2.54. The first-order valence-corrected chi connectivity index (χ1v) is 25.5. The molecule has 4 aliphatic rings. The molecule has 75 heavy (non-hydrogen) atoms. The molecule has 26 nitrogen and oxygen atoms in total. The van der Waals surface area contributed by atoms with E-state index in [1.807, 2.05) is 25.9 Å². The van der Waals surface area contributed by atoms with Crippen LogP contribution in [0.5, 0.6) is 0 Å². The van der Waals surface area contributed by atoms with Crippen LogP contribution in [-0.4, -0.2) is 268 Å². The number of cyclic esters (lactones) is 1. The predicted octanol–water partition coefficient (Wildman–Crippen LogP) is -3.88. The molecule has 4 rings (SSSR count). The molecule has 0 aliphatic carbocycles. The summed E-state index contributed by atoms with van der Waals surface area (Å²) in [6, 6.07) is -0.324. The van der Waals surface area contributed by atoms with Gasteiger partial charge in [-0.15, -0.1) is 0 Å². The zero-order valence-electron chi connectivity index (χ0n) is 45.3. The van der Waals surface area contributed by atoms with Crippen molar-refractivity contribution in [3.8, 4) is 0 Å². The molecule has 26 heteroatoms. The lowest BCUT2D eigenvalue weighted by Crippen LogP contribution is -2.61. The number of Topliss-reactive ketones (excluding diaryl/α,β-unsaturated/α-hetero) is 1. The lowest BCUT2D eigenvalue weighted by atomic mass is 9.74. The van der Waals surface area contributed by atoms with Crippen LogP contribution >= 0.6 is 0 Å². The van der Waals surface area contributed by atoms with Gasteiger partial charge in [-0.1, -0.05) is 27.7 Å². The van der Waals surface area contributed by atoms with Crippen molar-refractivity contribution in [2.75, 3.05) is 34.4 Å². The third kappa shape index (κ3) is 15.8. The summed E-state index contributed by atoms with van der Waals surface area (Å²) in [6.07, 6.45) is -26.6. The Kier molecular flexibility index (Phi) is 24.8. The topological polar surface area (TPSA) is 412 Å². The second kappa shape index (κ2) is 27.8. The monoisotopic (exact) mass is 1090 g/mol. The maximum atomic E-state index is 14.1. The van der Waals surface area contributed by atoms with Gasteiger partial charge < -0.3 is 114 Å². The minimum atomic E-state index is -2.39. The Morgan fingerprint density at radius 3 is 1.92 bits per heavy atom. The van der Waals surface area contributed by atoms with Crippen LogP contribution in [0.1, 0.15) is 94.9 Å². The lowest BCUT2D eigenvalue weighted by molar-refractivity contribution is -0.326. The minimum Gasteiger partial charge on any atom is -0.479 e. The van der Waals surface area contributed by atoms with E-state index in [0.717, 1.165) is 0 Å². The first kappa shape index (κ1) is 67.0. The number of aliphatic hydroxyl groups is 13. The Bertz CT molecular complexity index is 1790. The number of likely N-dealkylation sites (N-methyl/N-ethyl adjacent to an activating group) is 1. The summed E-state index contributed by atoms with van der Waals surface area (Å²) in [5.41, 5.74) is -4.84. The van der Waals surface area contributed by atoms with Crippen LogP contribution < -0.4 is 0 Å². The fourth-order valence-corrected chi connectivity index (χ4v) is 10.6. The predicted molar refractivity (Wildman–Crippen MR) is 258 cm³/mol. The fraction of sp³-hybridized carbons (Fsp3) is 0.939. The fourth-order valence-electron chi connectivity index (χ4n) is 10.6. The molecule has 0 aromatic carbocycles. The number of hydrogen-bond donors (Lipinski definition) is 14. The van der Waals surface area contributed by atoms with Crippen molar-refractivity contribution < 1.29 is 124 Å². The van der Waals surface area contributed by atoms with Crippen LogP contribution in [0.15, 0.2) is 0 Å². The van der Waals surface area contributed by atoms with Crippen LogP contribution in [-0.2, 0) is 52.3 Å². The summed E-state index contributed by atoms with van der Waals surface area (Å²) in [5.74, 6) is -6.81. The average molecular weight is 1090 g/mol. The summed E-state index contributed by atoms with van der Waals surface area (Å²) in [4.78, 5) is 40.5. The number of hydrogen-bond acceptors (Lipinski definition) is 25. The number of rotatable bonds is 15. The molecule has 0 amide bonds. The number of carboxylic acid groups (broad SMARTS) is 1. The number of carboxylic acids is 1. The van der Waals surface area contributed by atoms with Gasteiger partial charge in [-0.2, -0.15) is 0 Å². The van der Waals surface area contributed by atoms with Gasteiger partial charge in [0.25, 0.3) is 0 Å². The zero-order chi connectivity index (χ0) is 57.6. The van der Waals surface area contributed by atoms with Crippen molar-refractivity contribution in [3.05, 3.63) is 0 Å². The summed E-state index contributed by atoms with van der Waals surface area (Å²) >= 11 is 0. The van der Waals surface area contributed by atoms with Crippen molar-refractivity contribution in [2.45, 2.75) is 234 Å². The molecule has 0 aromatic heterocycles. The molecule has 4 saturated heterocycles. The molecule has 14 N–H and O–H groups in total. The molecule has 0 saturated carbocycles. The smallest absolute Gasteiger partial charge is 0.335 e. The Morgan fingerprint density at radius 1 is 0.800 bits per heavy atom. The van der Waals surface area contributed by atoms with E-state index in [9.17, 15) is 70.6 Å². The maximum absolute atomic E-state index is 14.1. The molecule has 4 fully saturated rings. The van der Waals surface area contributed by atoms with E-state index in [1.165, 1.54) is 27.9 Å². The first-order valence-electron chi connectivity index (χ1n) is 25.5. The maximum Gasteiger partial charge on any atom is 0.335 e. The minimum absolute atomic E-state index is 0.0936. The van der Waals surface area contributed by atoms with Crippen molar-refractivity contribution in [1.29, 1.82) is 0 Å². The van der Waals surface area contributed by atoms with Crippen molar-refractivity contribution in [2.24, 2.45) is 23.7 Å². The highest BCUT2D eigenvalue weighted by atomic mass is 16.7. The second-order valence-electron chi connectivity index (χ2n) is 21.8. The van der Waals surface area contributed by atoms with Crippen LogP contribution in [0.4, 0.5) is 0 Å². The number of aliphatic hydroxyl groups excluding tert-OH is 11. The van der Waals surface area contributed by atoms with Crippen LogP contribution in [0.25, 0.3) is 0 Å². The van der Waals surface area contributed by atoms with Crippen molar-refractivity contribution in [3.63, 3.8) is 0 Å². The molecule has 27 atom stereocenters. The number of aliphatic carboxylic acids is 1. The molecule has 0 radical (unpaired) electrons. The van der Waals surface area contributed by atoms with Gasteiger partial charge in [-0.05, 0) is 74.9 Å². The largest absolute Gasteiger partial charge is 0.479 e. The molecule has 4 heterocycles. The first-order chi connectivity index (χ1) is 34.6. The van der Waals surface area contributed by atoms with E-state index in [2.05, 4.69) is 0 Å².